The molecule has 0 saturated heterocycles. The normalized spacial score (nSPS) is 16.8. The van der Waals surface area contributed by atoms with Gasteiger partial charge in [-0.3, -0.25) is 10.1 Å². The summed E-state index contributed by atoms with van der Waals surface area (Å²) in [7, 11) is 0. The quantitative estimate of drug-likeness (QED) is 0.816. The first kappa shape index (κ1) is 16.0. The second-order valence-corrected chi connectivity index (χ2v) is 7.54. The molecule has 0 fully saturated rings. The van der Waals surface area contributed by atoms with Crippen LogP contribution in [0, 0.1) is 5.92 Å². The van der Waals surface area contributed by atoms with E-state index in [4.69, 9.17) is 10.2 Å². The number of nitrogens with one attached hydrogen (secondary N) is 1. The molecule has 1 aliphatic carbocycles. The molecule has 1 atom stereocenters. The minimum Gasteiger partial charge on any atom is -0.410 e. The first-order valence-corrected chi connectivity index (χ1v) is 8.99. The van der Waals surface area contributed by atoms with Gasteiger partial charge in [-0.05, 0) is 36.8 Å². The number of nitrogens with zero attached hydrogens (tertiary/aromatic N) is 2. The molecule has 122 valence electrons. The summed E-state index contributed by atoms with van der Waals surface area (Å²) in [5.74, 6) is 0.670. The summed E-state index contributed by atoms with van der Waals surface area (Å²) >= 11 is 2.76. The van der Waals surface area contributed by atoms with E-state index in [1.165, 1.54) is 16.9 Å². The van der Waals surface area contributed by atoms with Crippen LogP contribution in [-0.2, 0) is 17.6 Å². The average Bonchev–Trinajstić information content (AvgIpc) is 3.10. The van der Waals surface area contributed by atoms with Gasteiger partial charge in [-0.25, -0.2) is 4.79 Å². The van der Waals surface area contributed by atoms with E-state index in [0.717, 1.165) is 29.5 Å². The third kappa shape index (κ3) is 3.91. The highest BCUT2D eigenvalue weighted by Crippen LogP contribution is 2.37. The molecule has 3 rings (SSSR count). The fourth-order valence-corrected chi connectivity index (χ4v) is 4.17. The van der Waals surface area contributed by atoms with Crippen LogP contribution in [0.15, 0.2) is 15.7 Å². The van der Waals surface area contributed by atoms with Gasteiger partial charge in [-0.1, -0.05) is 18.7 Å². The van der Waals surface area contributed by atoms with Crippen molar-refractivity contribution in [2.45, 2.75) is 31.4 Å². The largest absolute Gasteiger partial charge is 0.410 e. The summed E-state index contributed by atoms with van der Waals surface area (Å²) < 4.78 is 5.58. The van der Waals surface area contributed by atoms with Crippen molar-refractivity contribution >= 4 is 35.0 Å². The summed E-state index contributed by atoms with van der Waals surface area (Å²) in [6, 6.07) is 1.25. The van der Waals surface area contributed by atoms with Gasteiger partial charge < -0.3 is 10.2 Å². The molecule has 3 amide bonds. The maximum atomic E-state index is 11.3. The second kappa shape index (κ2) is 6.71. The Hall–Kier alpha value is -1.87. The van der Waals surface area contributed by atoms with Crippen LogP contribution in [0.5, 0.6) is 0 Å². The summed E-state index contributed by atoms with van der Waals surface area (Å²) in [5, 5.41) is 10.2. The predicted octanol–water partition coefficient (Wildman–Crippen LogP) is 2.21. The van der Waals surface area contributed by atoms with Crippen molar-refractivity contribution in [2.75, 3.05) is 5.75 Å². The molecule has 0 bridgehead atoms. The van der Waals surface area contributed by atoms with Gasteiger partial charge >= 0.3 is 6.03 Å². The topological polar surface area (TPSA) is 111 Å². The van der Waals surface area contributed by atoms with Gasteiger partial charge in [0.05, 0.1) is 10.6 Å². The van der Waals surface area contributed by atoms with E-state index in [9.17, 15) is 9.59 Å². The van der Waals surface area contributed by atoms with Crippen molar-refractivity contribution in [3.05, 3.63) is 16.5 Å². The average molecular weight is 352 g/mol. The Bertz CT molecular complexity index is 740. The summed E-state index contributed by atoms with van der Waals surface area (Å²) in [5.41, 5.74) is 6.24. The number of nitrogens with two attached hydrogens (primary N) is 1. The predicted molar refractivity (Wildman–Crippen MR) is 87.3 cm³/mol. The summed E-state index contributed by atoms with van der Waals surface area (Å²) in [6.45, 7) is 2.26. The molecule has 7 nitrogen and oxygen atoms in total. The zero-order chi connectivity index (χ0) is 16.4. The van der Waals surface area contributed by atoms with Crippen molar-refractivity contribution < 1.29 is 14.0 Å². The van der Waals surface area contributed by atoms with Gasteiger partial charge in [0, 0.05) is 4.88 Å². The Balaban J connectivity index is 1.65. The molecule has 0 spiro atoms. The lowest BCUT2D eigenvalue weighted by Gasteiger charge is -2.16. The lowest BCUT2D eigenvalue weighted by Crippen LogP contribution is -2.36. The SMILES string of the molecule is C[C@@H]1CCc2sc(-c3nnc(SCC(=O)NC(N)=O)o3)cc2C1. The van der Waals surface area contributed by atoms with Gasteiger partial charge in [-0.2, -0.15) is 0 Å². The maximum Gasteiger partial charge on any atom is 0.318 e. The number of aromatic nitrogens is 2. The molecule has 0 radical (unpaired) electrons. The Kier molecular flexibility index (Phi) is 4.67. The number of hydrogen-bond donors (Lipinski definition) is 2. The Morgan fingerprint density at radius 3 is 3.13 bits per heavy atom. The van der Waals surface area contributed by atoms with Crippen LogP contribution >= 0.6 is 23.1 Å². The van der Waals surface area contributed by atoms with Gasteiger partial charge in [0.2, 0.25) is 5.91 Å². The minimum absolute atomic E-state index is 0.0109. The Morgan fingerprint density at radius 1 is 1.52 bits per heavy atom. The number of carbonyl (C=O) groups excluding carboxylic acids is 2. The molecule has 2 aromatic rings. The fraction of sp³-hybridized carbons (Fsp3) is 0.429. The number of thioether (sulfide) groups is 1. The van der Waals surface area contributed by atoms with Crippen LogP contribution in [0.3, 0.4) is 0 Å². The van der Waals surface area contributed by atoms with E-state index in [0.29, 0.717) is 17.0 Å². The summed E-state index contributed by atoms with van der Waals surface area (Å²) in [6.07, 6.45) is 3.41. The maximum absolute atomic E-state index is 11.3. The van der Waals surface area contributed by atoms with E-state index in [1.54, 1.807) is 11.3 Å². The molecular weight excluding hydrogens is 336 g/mol. The van der Waals surface area contributed by atoms with Crippen LogP contribution in [-0.4, -0.2) is 27.9 Å². The summed E-state index contributed by atoms with van der Waals surface area (Å²) in [4.78, 5) is 24.3. The van der Waals surface area contributed by atoms with Gasteiger partial charge in [0.1, 0.15) is 0 Å². The number of carbonyl (C=O) groups is 2. The third-order valence-electron chi connectivity index (χ3n) is 3.54. The van der Waals surface area contributed by atoms with Crippen molar-refractivity contribution in [2.24, 2.45) is 11.7 Å². The molecule has 2 aromatic heterocycles. The van der Waals surface area contributed by atoms with Crippen molar-refractivity contribution in [1.29, 1.82) is 0 Å². The number of aryl methyl sites for hydroxylation is 1. The first-order chi connectivity index (χ1) is 11.0. The first-order valence-electron chi connectivity index (χ1n) is 7.19. The second-order valence-electron chi connectivity index (χ2n) is 5.48. The van der Waals surface area contributed by atoms with Crippen molar-refractivity contribution in [3.8, 4) is 10.8 Å². The fourth-order valence-electron chi connectivity index (χ4n) is 2.48. The van der Waals surface area contributed by atoms with Crippen LogP contribution in [0.25, 0.3) is 10.8 Å². The number of urea groups is 1. The molecule has 1 aliphatic rings. The minimum atomic E-state index is -0.875. The monoisotopic (exact) mass is 352 g/mol. The molecule has 2 heterocycles. The van der Waals surface area contributed by atoms with Gasteiger partial charge in [0.15, 0.2) is 0 Å². The van der Waals surface area contributed by atoms with Crippen LogP contribution in [0.4, 0.5) is 4.79 Å². The van der Waals surface area contributed by atoms with Crippen molar-refractivity contribution in [1.82, 2.24) is 15.5 Å². The lowest BCUT2D eigenvalue weighted by atomic mass is 9.90. The molecule has 0 saturated carbocycles. The third-order valence-corrected chi connectivity index (χ3v) is 5.58. The number of hydrogen-bond acceptors (Lipinski definition) is 7. The smallest absolute Gasteiger partial charge is 0.318 e. The number of thiophene rings is 1. The van der Waals surface area contributed by atoms with Crippen LogP contribution < -0.4 is 11.1 Å². The number of amides is 3. The molecule has 9 heteroatoms. The van der Waals surface area contributed by atoms with Crippen molar-refractivity contribution in [3.63, 3.8) is 0 Å². The zero-order valence-electron chi connectivity index (χ0n) is 12.5. The molecule has 0 aromatic carbocycles. The number of primary amides is 1. The molecule has 0 aliphatic heterocycles. The molecular formula is C14H16N4O3S2. The van der Waals surface area contributed by atoms with Crippen LogP contribution in [0.2, 0.25) is 0 Å². The number of fused-ring (bicyclic) bond motifs is 1. The highest BCUT2D eigenvalue weighted by Gasteiger charge is 2.21. The molecule has 23 heavy (non-hydrogen) atoms. The zero-order valence-corrected chi connectivity index (χ0v) is 14.1. The molecule has 0 unspecified atom stereocenters. The highest BCUT2D eigenvalue weighted by atomic mass is 32.2. The highest BCUT2D eigenvalue weighted by molar-refractivity contribution is 7.99. The van der Waals surface area contributed by atoms with Gasteiger partial charge in [-0.15, -0.1) is 21.5 Å². The van der Waals surface area contributed by atoms with Crippen LogP contribution in [0.1, 0.15) is 23.8 Å². The van der Waals surface area contributed by atoms with E-state index in [2.05, 4.69) is 23.2 Å². The molecule has 3 N–H and O–H groups in total. The van der Waals surface area contributed by atoms with E-state index in [-0.39, 0.29) is 5.75 Å². The Morgan fingerprint density at radius 2 is 2.35 bits per heavy atom. The van der Waals surface area contributed by atoms with E-state index in [1.807, 2.05) is 5.32 Å². The Labute approximate surface area is 141 Å². The van der Waals surface area contributed by atoms with E-state index < -0.39 is 11.9 Å². The number of rotatable bonds is 4. The lowest BCUT2D eigenvalue weighted by molar-refractivity contribution is -0.117. The standard InChI is InChI=1S/C14H16N4O3S2/c1-7-2-3-9-8(4-7)5-10(23-9)12-17-18-14(21-12)22-6-11(19)16-13(15)20/h5,7H,2-4,6H2,1H3,(H3,15,16,19,20)/t7-/m1/s1. The van der Waals surface area contributed by atoms with E-state index >= 15 is 0 Å². The number of imide groups is 1. The van der Waals surface area contributed by atoms with Gasteiger partial charge in [0.25, 0.3) is 11.1 Å².